The second kappa shape index (κ2) is 7.66. The lowest BCUT2D eigenvalue weighted by atomic mass is 10.1. The Morgan fingerprint density at radius 1 is 1.06 bits per heavy atom. The summed E-state index contributed by atoms with van der Waals surface area (Å²) in [5, 5.41) is 8.46. The fourth-order valence-corrected chi connectivity index (χ4v) is 2.12. The van der Waals surface area contributed by atoms with E-state index in [2.05, 4.69) is 6.92 Å². The summed E-state index contributed by atoms with van der Waals surface area (Å²) in [7, 11) is 0. The topological polar surface area (TPSA) is 49.8 Å². The molecule has 0 bridgehead atoms. The van der Waals surface area contributed by atoms with Crippen molar-refractivity contribution in [1.82, 2.24) is 0 Å². The number of carboxylic acid groups (broad SMARTS) is 1. The Labute approximate surface area is 98.2 Å². The van der Waals surface area contributed by atoms with Crippen LogP contribution in [0.15, 0.2) is 0 Å². The summed E-state index contributed by atoms with van der Waals surface area (Å²) < 4.78 is 5.47. The third kappa shape index (κ3) is 6.11. The number of unbranched alkanes of at least 4 members (excludes halogenated alkanes) is 5. The summed E-state index contributed by atoms with van der Waals surface area (Å²) in [4.78, 5) is 10.3. The molecular weight excluding hydrogens is 204 g/mol. The predicted octanol–water partition coefficient (Wildman–Crippen LogP) is 3.37. The van der Waals surface area contributed by atoms with Gasteiger partial charge in [0.25, 0.3) is 0 Å². The number of hydrogen-bond acceptors (Lipinski definition) is 2. The van der Waals surface area contributed by atoms with Crippen molar-refractivity contribution in [2.24, 2.45) is 0 Å². The van der Waals surface area contributed by atoms with Crippen molar-refractivity contribution >= 4 is 5.97 Å². The minimum absolute atomic E-state index is 0.327. The summed E-state index contributed by atoms with van der Waals surface area (Å²) in [6.07, 6.45) is 10.6. The van der Waals surface area contributed by atoms with Crippen LogP contribution in [0.25, 0.3) is 0 Å². The Balaban J connectivity index is 1.74. The van der Waals surface area contributed by atoms with Crippen LogP contribution in [-0.4, -0.2) is 23.3 Å². The van der Waals surface area contributed by atoms with Gasteiger partial charge in [0.15, 0.2) is 0 Å². The Bertz CT molecular complexity index is 203. The minimum Gasteiger partial charge on any atom is -0.481 e. The third-order valence-electron chi connectivity index (χ3n) is 3.22. The molecular formula is C13H24O3. The highest BCUT2D eigenvalue weighted by molar-refractivity contribution is 5.66. The molecule has 3 heteroatoms. The average molecular weight is 228 g/mol. The molecule has 0 aliphatic carbocycles. The first kappa shape index (κ1) is 13.5. The lowest BCUT2D eigenvalue weighted by Crippen LogP contribution is -1.94. The lowest BCUT2D eigenvalue weighted by molar-refractivity contribution is -0.137. The van der Waals surface area contributed by atoms with Crippen LogP contribution >= 0.6 is 0 Å². The number of carbonyl (C=O) groups is 1. The summed E-state index contributed by atoms with van der Waals surface area (Å²) in [6.45, 7) is 2.17. The van der Waals surface area contributed by atoms with E-state index in [9.17, 15) is 4.79 Å². The van der Waals surface area contributed by atoms with Crippen LogP contribution in [0.5, 0.6) is 0 Å². The zero-order valence-electron chi connectivity index (χ0n) is 10.3. The van der Waals surface area contributed by atoms with E-state index in [1.807, 2.05) is 0 Å². The highest BCUT2D eigenvalue weighted by Crippen LogP contribution is 2.29. The van der Waals surface area contributed by atoms with E-state index < -0.39 is 5.97 Å². The van der Waals surface area contributed by atoms with Gasteiger partial charge < -0.3 is 9.84 Å². The van der Waals surface area contributed by atoms with E-state index in [4.69, 9.17) is 9.84 Å². The summed E-state index contributed by atoms with van der Waals surface area (Å²) in [6, 6.07) is 0. The third-order valence-corrected chi connectivity index (χ3v) is 3.22. The Morgan fingerprint density at radius 3 is 2.25 bits per heavy atom. The molecule has 0 aromatic carbocycles. The van der Waals surface area contributed by atoms with Crippen molar-refractivity contribution in [2.75, 3.05) is 0 Å². The second-order valence-corrected chi connectivity index (χ2v) is 4.67. The van der Waals surface area contributed by atoms with Gasteiger partial charge in [-0.2, -0.15) is 0 Å². The normalized spacial score (nSPS) is 23.3. The molecule has 1 saturated heterocycles. The summed E-state index contributed by atoms with van der Waals surface area (Å²) in [5.74, 6) is -0.670. The van der Waals surface area contributed by atoms with Crippen LogP contribution in [0.4, 0.5) is 0 Å². The van der Waals surface area contributed by atoms with Crippen molar-refractivity contribution in [3.63, 3.8) is 0 Å². The van der Waals surface area contributed by atoms with Crippen molar-refractivity contribution in [1.29, 1.82) is 0 Å². The fraction of sp³-hybridized carbons (Fsp3) is 0.923. The van der Waals surface area contributed by atoms with Crippen molar-refractivity contribution in [2.45, 2.75) is 76.9 Å². The molecule has 0 radical (unpaired) electrons. The van der Waals surface area contributed by atoms with Gasteiger partial charge >= 0.3 is 5.97 Å². The lowest BCUT2D eigenvalue weighted by Gasteiger charge is -1.99. The number of epoxide rings is 1. The van der Waals surface area contributed by atoms with Gasteiger partial charge in [0, 0.05) is 6.42 Å². The van der Waals surface area contributed by atoms with Crippen LogP contribution in [0.1, 0.15) is 64.7 Å². The molecule has 94 valence electrons. The zero-order valence-corrected chi connectivity index (χ0v) is 10.3. The smallest absolute Gasteiger partial charge is 0.303 e. The predicted molar refractivity (Wildman–Crippen MR) is 63.5 cm³/mol. The van der Waals surface area contributed by atoms with Crippen LogP contribution < -0.4 is 0 Å². The van der Waals surface area contributed by atoms with Gasteiger partial charge in [0.05, 0.1) is 12.2 Å². The number of ether oxygens (including phenoxy) is 1. The van der Waals surface area contributed by atoms with Crippen LogP contribution in [0.2, 0.25) is 0 Å². The molecule has 2 unspecified atom stereocenters. The number of hydrogen-bond donors (Lipinski definition) is 1. The first-order chi connectivity index (χ1) is 7.74. The number of carboxylic acids is 1. The number of aliphatic carboxylic acids is 1. The van der Waals surface area contributed by atoms with E-state index >= 15 is 0 Å². The highest BCUT2D eigenvalue weighted by atomic mass is 16.6. The maximum absolute atomic E-state index is 10.3. The highest BCUT2D eigenvalue weighted by Gasteiger charge is 2.35. The van der Waals surface area contributed by atoms with Gasteiger partial charge in [-0.1, -0.05) is 39.0 Å². The molecule has 1 aliphatic heterocycles. The van der Waals surface area contributed by atoms with Gasteiger partial charge in [-0.05, 0) is 19.3 Å². The standard InChI is InChI=1S/C13H24O3/c1-2-11-12(16-11)9-7-5-3-4-6-8-10-13(14)15/h11-12H,2-10H2,1H3,(H,14,15). The molecule has 1 fully saturated rings. The van der Waals surface area contributed by atoms with Gasteiger partial charge in [-0.3, -0.25) is 4.79 Å². The SMILES string of the molecule is CCC1OC1CCCCCCCCC(=O)O. The summed E-state index contributed by atoms with van der Waals surface area (Å²) >= 11 is 0. The molecule has 3 nitrogen and oxygen atoms in total. The van der Waals surface area contributed by atoms with E-state index in [0.717, 1.165) is 19.3 Å². The van der Waals surface area contributed by atoms with Crippen LogP contribution in [0, 0.1) is 0 Å². The van der Waals surface area contributed by atoms with Gasteiger partial charge in [-0.25, -0.2) is 0 Å². The molecule has 2 atom stereocenters. The minimum atomic E-state index is -0.670. The monoisotopic (exact) mass is 228 g/mol. The van der Waals surface area contributed by atoms with Gasteiger partial charge in [0.2, 0.25) is 0 Å². The first-order valence-electron chi connectivity index (χ1n) is 6.61. The van der Waals surface area contributed by atoms with Crippen molar-refractivity contribution in [3.05, 3.63) is 0 Å². The second-order valence-electron chi connectivity index (χ2n) is 4.67. The van der Waals surface area contributed by atoms with Crippen LogP contribution in [-0.2, 0) is 9.53 Å². The molecule has 1 heterocycles. The first-order valence-corrected chi connectivity index (χ1v) is 6.61. The van der Waals surface area contributed by atoms with E-state index in [1.165, 1.54) is 32.1 Å². The fourth-order valence-electron chi connectivity index (χ4n) is 2.12. The molecule has 16 heavy (non-hydrogen) atoms. The van der Waals surface area contributed by atoms with Gasteiger partial charge in [-0.15, -0.1) is 0 Å². The molecule has 0 spiro atoms. The molecule has 0 aromatic heterocycles. The molecule has 1 rings (SSSR count). The molecule has 0 aromatic rings. The maximum atomic E-state index is 10.3. The van der Waals surface area contributed by atoms with Gasteiger partial charge in [0.1, 0.15) is 0 Å². The number of rotatable bonds is 10. The Morgan fingerprint density at radius 2 is 1.69 bits per heavy atom. The van der Waals surface area contributed by atoms with Crippen LogP contribution in [0.3, 0.4) is 0 Å². The van der Waals surface area contributed by atoms with Crippen molar-refractivity contribution in [3.8, 4) is 0 Å². The molecule has 0 saturated carbocycles. The van der Waals surface area contributed by atoms with E-state index in [-0.39, 0.29) is 0 Å². The average Bonchev–Trinajstić information content (AvgIpc) is 3.00. The Kier molecular flexibility index (Phi) is 6.46. The van der Waals surface area contributed by atoms with Crippen molar-refractivity contribution < 1.29 is 14.6 Å². The molecule has 1 aliphatic rings. The zero-order chi connectivity index (χ0) is 11.8. The molecule has 1 N–H and O–H groups in total. The quantitative estimate of drug-likeness (QED) is 0.460. The maximum Gasteiger partial charge on any atom is 0.303 e. The largest absolute Gasteiger partial charge is 0.481 e. The summed E-state index contributed by atoms with van der Waals surface area (Å²) in [5.41, 5.74) is 0. The van der Waals surface area contributed by atoms with E-state index in [1.54, 1.807) is 0 Å². The Hall–Kier alpha value is -0.570. The molecule has 0 amide bonds. The van der Waals surface area contributed by atoms with E-state index in [0.29, 0.717) is 18.6 Å².